The van der Waals surface area contributed by atoms with Crippen molar-refractivity contribution in [1.29, 1.82) is 0 Å². The van der Waals surface area contributed by atoms with Crippen molar-refractivity contribution in [2.45, 2.75) is 46.5 Å². The number of aromatic nitrogens is 2. The van der Waals surface area contributed by atoms with Crippen LogP contribution in [0.1, 0.15) is 42.9 Å². The molecule has 4 aromatic rings. The lowest BCUT2D eigenvalue weighted by atomic mass is 10.0. The minimum Gasteiger partial charge on any atom is -0.495 e. The molecular formula is C38H47FN6O4. The smallest absolute Gasteiger partial charge is 0.418 e. The number of carbonyl (C=O) groups excluding carboxylic acids is 1. The minimum atomic E-state index is -0.739. The van der Waals surface area contributed by atoms with Crippen molar-refractivity contribution >= 4 is 23.4 Å². The number of halogens is 1. The van der Waals surface area contributed by atoms with Crippen LogP contribution < -0.4 is 24.8 Å². The van der Waals surface area contributed by atoms with E-state index in [-0.39, 0.29) is 17.6 Å². The summed E-state index contributed by atoms with van der Waals surface area (Å²) in [6.45, 7) is 11.7. The van der Waals surface area contributed by atoms with E-state index in [1.54, 1.807) is 31.4 Å². The number of rotatable bonds is 14. The Morgan fingerprint density at radius 1 is 0.959 bits per heavy atom. The number of ether oxygens (including phenoxy) is 3. The van der Waals surface area contributed by atoms with Gasteiger partial charge in [-0.1, -0.05) is 37.6 Å². The SMILES string of the molecule is CCCCc1ccc(NC(=O)Oc2cc(-c3cccc(C)c3C)nc(Nc3ccc(OCCCN4CCN(C)CC4)c(F)c3)n2)c(OC)c1. The van der Waals surface area contributed by atoms with Crippen molar-refractivity contribution in [2.24, 2.45) is 0 Å². The largest absolute Gasteiger partial charge is 0.495 e. The van der Waals surface area contributed by atoms with Crippen LogP contribution in [0.5, 0.6) is 17.4 Å². The van der Waals surface area contributed by atoms with Gasteiger partial charge in [0, 0.05) is 56.1 Å². The number of hydrogen-bond donors (Lipinski definition) is 2. The lowest BCUT2D eigenvalue weighted by Gasteiger charge is -2.32. The molecule has 1 saturated heterocycles. The number of nitrogens with one attached hydrogen (secondary N) is 2. The molecule has 11 heteroatoms. The Kier molecular flexibility index (Phi) is 12.4. The molecule has 10 nitrogen and oxygen atoms in total. The first-order chi connectivity index (χ1) is 23.7. The molecule has 0 atom stereocenters. The van der Waals surface area contributed by atoms with Crippen LogP contribution in [0.4, 0.5) is 26.5 Å². The number of aryl methyl sites for hydroxylation is 2. The third kappa shape index (κ3) is 9.90. The van der Waals surface area contributed by atoms with Crippen molar-refractivity contribution < 1.29 is 23.4 Å². The molecule has 0 saturated carbocycles. The molecule has 1 aromatic heterocycles. The van der Waals surface area contributed by atoms with Gasteiger partial charge in [0.15, 0.2) is 11.6 Å². The maximum Gasteiger partial charge on any atom is 0.418 e. The van der Waals surface area contributed by atoms with Crippen LogP contribution in [0, 0.1) is 19.7 Å². The maximum atomic E-state index is 15.1. The zero-order chi connectivity index (χ0) is 34.8. The van der Waals surface area contributed by atoms with E-state index in [0.29, 0.717) is 29.4 Å². The molecule has 1 aliphatic heterocycles. The van der Waals surface area contributed by atoms with Crippen LogP contribution in [-0.2, 0) is 6.42 Å². The molecule has 3 aromatic carbocycles. The van der Waals surface area contributed by atoms with Gasteiger partial charge in [0.1, 0.15) is 5.75 Å². The summed E-state index contributed by atoms with van der Waals surface area (Å²) < 4.78 is 32.1. The second kappa shape index (κ2) is 17.1. The van der Waals surface area contributed by atoms with Crippen LogP contribution in [0.15, 0.2) is 60.7 Å². The van der Waals surface area contributed by atoms with Gasteiger partial charge >= 0.3 is 6.09 Å². The summed E-state index contributed by atoms with van der Waals surface area (Å²) in [5.74, 6) is 0.380. The van der Waals surface area contributed by atoms with Crippen molar-refractivity contribution in [1.82, 2.24) is 19.8 Å². The molecule has 260 valence electrons. The number of hydrogen-bond acceptors (Lipinski definition) is 9. The first-order valence-corrected chi connectivity index (χ1v) is 16.9. The Morgan fingerprint density at radius 3 is 2.53 bits per heavy atom. The van der Waals surface area contributed by atoms with Crippen LogP contribution in [0.3, 0.4) is 0 Å². The predicted octanol–water partition coefficient (Wildman–Crippen LogP) is 7.62. The molecule has 0 spiro atoms. The molecule has 0 aliphatic carbocycles. The van der Waals surface area contributed by atoms with Gasteiger partial charge in [0.2, 0.25) is 11.8 Å². The molecule has 0 bridgehead atoms. The first kappa shape index (κ1) is 35.6. The molecule has 0 unspecified atom stereocenters. The fourth-order valence-electron chi connectivity index (χ4n) is 5.67. The van der Waals surface area contributed by atoms with Gasteiger partial charge < -0.3 is 29.3 Å². The average Bonchev–Trinajstić information content (AvgIpc) is 3.09. The predicted molar refractivity (Wildman–Crippen MR) is 192 cm³/mol. The third-order valence-electron chi connectivity index (χ3n) is 8.76. The van der Waals surface area contributed by atoms with Crippen LogP contribution in [0.25, 0.3) is 11.3 Å². The van der Waals surface area contributed by atoms with E-state index in [9.17, 15) is 4.79 Å². The van der Waals surface area contributed by atoms with Gasteiger partial charge in [0.05, 0.1) is 25.1 Å². The normalized spacial score (nSPS) is 13.6. The van der Waals surface area contributed by atoms with Crippen LogP contribution >= 0.6 is 0 Å². The number of benzene rings is 3. The Labute approximate surface area is 288 Å². The van der Waals surface area contributed by atoms with E-state index >= 15 is 4.39 Å². The van der Waals surface area contributed by atoms with Crippen molar-refractivity contribution in [3.8, 4) is 28.6 Å². The zero-order valence-electron chi connectivity index (χ0n) is 29.1. The highest BCUT2D eigenvalue weighted by Gasteiger charge is 2.17. The number of unbranched alkanes of at least 4 members (excludes halogenated alkanes) is 1. The summed E-state index contributed by atoms with van der Waals surface area (Å²) in [5.41, 5.74) is 5.53. The fourth-order valence-corrected chi connectivity index (χ4v) is 5.67. The maximum absolute atomic E-state index is 15.1. The number of carbonyl (C=O) groups is 1. The van der Waals surface area contributed by atoms with E-state index in [1.165, 1.54) is 6.07 Å². The van der Waals surface area contributed by atoms with Gasteiger partial charge in [-0.15, -0.1) is 0 Å². The number of methoxy groups -OCH3 is 1. The molecular weight excluding hydrogens is 623 g/mol. The molecule has 1 fully saturated rings. The van der Waals surface area contributed by atoms with Gasteiger partial charge in [-0.05, 0) is 81.1 Å². The molecule has 49 heavy (non-hydrogen) atoms. The zero-order valence-corrected chi connectivity index (χ0v) is 29.1. The molecule has 1 aliphatic rings. The number of nitrogens with zero attached hydrogens (tertiary/aromatic N) is 4. The molecule has 1 amide bonds. The average molecular weight is 671 g/mol. The van der Waals surface area contributed by atoms with E-state index in [4.69, 9.17) is 19.2 Å². The van der Waals surface area contributed by atoms with E-state index in [0.717, 1.165) is 80.7 Å². The number of piperazine rings is 1. The monoisotopic (exact) mass is 670 g/mol. The first-order valence-electron chi connectivity index (χ1n) is 16.9. The lowest BCUT2D eigenvalue weighted by Crippen LogP contribution is -2.44. The number of likely N-dealkylation sites (N-methyl/N-ethyl adjacent to an activating group) is 1. The standard InChI is InChI=1S/C38H47FN6O4/c1-6-7-11-28-13-15-32(35(23-28)47-5)42-38(46)49-36-25-33(30-12-8-10-26(2)27(30)3)41-37(43-36)40-29-14-16-34(31(39)24-29)48-22-9-17-45-20-18-44(4)19-21-45/h8,10,12-16,23-25H,6-7,9,11,17-22H2,1-5H3,(H,42,46)(H,40,41,43). The quantitative estimate of drug-likeness (QED) is 0.131. The summed E-state index contributed by atoms with van der Waals surface area (Å²) in [6.07, 6.45) is 3.14. The van der Waals surface area contributed by atoms with Gasteiger partial charge in [-0.25, -0.2) is 14.2 Å². The highest BCUT2D eigenvalue weighted by molar-refractivity contribution is 5.88. The third-order valence-corrected chi connectivity index (χ3v) is 8.76. The Bertz CT molecular complexity index is 1730. The highest BCUT2D eigenvalue weighted by atomic mass is 19.1. The Hall–Kier alpha value is -4.74. The topological polar surface area (TPSA) is 101 Å². The summed E-state index contributed by atoms with van der Waals surface area (Å²) in [5, 5.41) is 5.84. The number of anilines is 3. The second-order valence-electron chi connectivity index (χ2n) is 12.4. The Morgan fingerprint density at radius 2 is 1.78 bits per heavy atom. The molecule has 2 heterocycles. The molecule has 0 radical (unpaired) electrons. The summed E-state index contributed by atoms with van der Waals surface area (Å²) in [4.78, 5) is 27.0. The summed E-state index contributed by atoms with van der Waals surface area (Å²) >= 11 is 0. The summed E-state index contributed by atoms with van der Waals surface area (Å²) in [7, 11) is 3.69. The second-order valence-corrected chi connectivity index (χ2v) is 12.4. The van der Waals surface area contributed by atoms with E-state index in [1.807, 2.05) is 44.2 Å². The lowest BCUT2D eigenvalue weighted by molar-refractivity contribution is 0.145. The fraction of sp³-hybridized carbons (Fsp3) is 0.395. The van der Waals surface area contributed by atoms with Crippen molar-refractivity contribution in [3.63, 3.8) is 0 Å². The molecule has 5 rings (SSSR count). The Balaban J connectivity index is 1.29. The molecule has 2 N–H and O–H groups in total. The van der Waals surface area contributed by atoms with Gasteiger partial charge in [-0.3, -0.25) is 5.32 Å². The van der Waals surface area contributed by atoms with Crippen molar-refractivity contribution in [3.05, 3.63) is 83.2 Å². The summed E-state index contributed by atoms with van der Waals surface area (Å²) in [6, 6.07) is 17.8. The highest BCUT2D eigenvalue weighted by Crippen LogP contribution is 2.30. The van der Waals surface area contributed by atoms with E-state index < -0.39 is 11.9 Å². The number of amides is 1. The van der Waals surface area contributed by atoms with Crippen LogP contribution in [-0.4, -0.2) is 79.3 Å². The van der Waals surface area contributed by atoms with E-state index in [2.05, 4.69) is 39.4 Å². The van der Waals surface area contributed by atoms with Gasteiger partial charge in [-0.2, -0.15) is 4.98 Å². The van der Waals surface area contributed by atoms with Crippen LogP contribution in [0.2, 0.25) is 0 Å². The van der Waals surface area contributed by atoms with Gasteiger partial charge in [0.25, 0.3) is 0 Å². The van der Waals surface area contributed by atoms with Crippen molar-refractivity contribution in [2.75, 3.05) is 64.1 Å². The minimum absolute atomic E-state index is 0.0187.